The minimum Gasteiger partial charge on any atom is -0.396 e. The third-order valence-electron chi connectivity index (χ3n) is 3.84. The van der Waals surface area contributed by atoms with Gasteiger partial charge in [0.15, 0.2) is 0 Å². The number of anilines is 1. The predicted molar refractivity (Wildman–Crippen MR) is 84.1 cm³/mol. The lowest BCUT2D eigenvalue weighted by atomic mass is 9.83. The molecule has 0 bridgehead atoms. The maximum absolute atomic E-state index is 12.5. The maximum Gasteiger partial charge on any atom is 0.242 e. The van der Waals surface area contributed by atoms with Crippen molar-refractivity contribution in [2.45, 2.75) is 42.5 Å². The van der Waals surface area contributed by atoms with Crippen molar-refractivity contribution in [1.82, 2.24) is 4.72 Å². The van der Waals surface area contributed by atoms with Gasteiger partial charge in [0.05, 0.1) is 27.9 Å². The average molecular weight is 353 g/mol. The number of nitrogen functional groups attached to an aromatic ring is 1. The highest BCUT2D eigenvalue weighted by molar-refractivity contribution is 7.89. The Balaban J connectivity index is 2.36. The second-order valence-corrected chi connectivity index (χ2v) is 7.81. The fourth-order valence-electron chi connectivity index (χ4n) is 2.62. The number of nitrogens with two attached hydrogens (primary N) is 1. The summed E-state index contributed by atoms with van der Waals surface area (Å²) in [5.41, 5.74) is 4.88. The molecule has 1 aliphatic carbocycles. The highest BCUT2D eigenvalue weighted by Gasteiger charge is 2.36. The van der Waals surface area contributed by atoms with E-state index in [4.69, 9.17) is 28.9 Å². The zero-order chi connectivity index (χ0) is 15.7. The molecule has 8 heteroatoms. The quantitative estimate of drug-likeness (QED) is 0.726. The highest BCUT2D eigenvalue weighted by atomic mass is 35.5. The molecule has 1 saturated carbocycles. The third-order valence-corrected chi connectivity index (χ3v) is 6.31. The summed E-state index contributed by atoms with van der Waals surface area (Å²) < 4.78 is 27.7. The molecule has 5 nitrogen and oxygen atoms in total. The smallest absolute Gasteiger partial charge is 0.242 e. The monoisotopic (exact) mass is 352 g/mol. The summed E-state index contributed by atoms with van der Waals surface area (Å²) in [5, 5.41) is 9.72. The largest absolute Gasteiger partial charge is 0.396 e. The molecule has 4 N–H and O–H groups in total. The number of sulfonamides is 1. The van der Waals surface area contributed by atoms with Crippen molar-refractivity contribution >= 4 is 38.9 Å². The Labute approximate surface area is 134 Å². The van der Waals surface area contributed by atoms with E-state index < -0.39 is 15.6 Å². The zero-order valence-corrected chi connectivity index (χ0v) is 13.7. The average Bonchev–Trinajstić information content (AvgIpc) is 2.45. The molecule has 0 amide bonds. The van der Waals surface area contributed by atoms with Gasteiger partial charge < -0.3 is 10.8 Å². The standard InChI is InChI=1S/C13H18Cl2N2O3S/c14-9-4-5-10(11(15)12(9)16)21(19,20)17-13(8-18)6-2-1-3-7-13/h4-5,17-18H,1-3,6-8,16H2. The van der Waals surface area contributed by atoms with Gasteiger partial charge in [-0.3, -0.25) is 0 Å². The Bertz CT molecular complexity index is 629. The Hall–Kier alpha value is -0.530. The second kappa shape index (κ2) is 6.30. The molecule has 0 aliphatic heterocycles. The molecular weight excluding hydrogens is 335 g/mol. The molecule has 21 heavy (non-hydrogen) atoms. The van der Waals surface area contributed by atoms with Crippen LogP contribution < -0.4 is 10.5 Å². The third kappa shape index (κ3) is 3.46. The van der Waals surface area contributed by atoms with E-state index >= 15 is 0 Å². The number of hydrogen-bond donors (Lipinski definition) is 3. The fourth-order valence-corrected chi connectivity index (χ4v) is 4.84. The SMILES string of the molecule is Nc1c(Cl)ccc(S(=O)(=O)NC2(CO)CCCCC2)c1Cl. The van der Waals surface area contributed by atoms with E-state index in [1.54, 1.807) is 0 Å². The molecule has 1 fully saturated rings. The molecule has 0 heterocycles. The second-order valence-electron chi connectivity index (χ2n) is 5.38. The van der Waals surface area contributed by atoms with Gasteiger partial charge in [-0.1, -0.05) is 42.5 Å². The molecule has 0 spiro atoms. The molecule has 2 rings (SSSR count). The lowest BCUT2D eigenvalue weighted by molar-refractivity contribution is 0.142. The number of benzene rings is 1. The number of hydrogen-bond acceptors (Lipinski definition) is 4. The zero-order valence-electron chi connectivity index (χ0n) is 11.4. The van der Waals surface area contributed by atoms with E-state index in [-0.39, 0.29) is 27.2 Å². The van der Waals surface area contributed by atoms with Gasteiger partial charge >= 0.3 is 0 Å². The van der Waals surface area contributed by atoms with Crippen molar-refractivity contribution in [2.24, 2.45) is 0 Å². The molecule has 0 atom stereocenters. The molecule has 0 radical (unpaired) electrons. The minimum atomic E-state index is -3.88. The molecule has 1 aromatic carbocycles. The maximum atomic E-state index is 12.5. The lowest BCUT2D eigenvalue weighted by Crippen LogP contribution is -2.52. The summed E-state index contributed by atoms with van der Waals surface area (Å²) in [6.45, 7) is -0.243. The lowest BCUT2D eigenvalue weighted by Gasteiger charge is -2.36. The molecule has 1 aliphatic rings. The van der Waals surface area contributed by atoms with E-state index in [2.05, 4.69) is 4.72 Å². The topological polar surface area (TPSA) is 92.4 Å². The molecule has 1 aromatic rings. The molecule has 0 saturated heterocycles. The number of aliphatic hydroxyl groups excluding tert-OH is 1. The molecular formula is C13H18Cl2N2O3S. The van der Waals surface area contributed by atoms with Crippen LogP contribution in [-0.2, 0) is 10.0 Å². The van der Waals surface area contributed by atoms with Crippen LogP contribution in [0, 0.1) is 0 Å². The van der Waals surface area contributed by atoms with Crippen LogP contribution in [-0.4, -0.2) is 25.7 Å². The van der Waals surface area contributed by atoms with Crippen molar-refractivity contribution in [2.75, 3.05) is 12.3 Å². The van der Waals surface area contributed by atoms with Gasteiger partial charge in [-0.05, 0) is 25.0 Å². The first-order chi connectivity index (χ1) is 9.81. The van der Waals surface area contributed by atoms with Crippen LogP contribution >= 0.6 is 23.2 Å². The van der Waals surface area contributed by atoms with Crippen LogP contribution in [0.2, 0.25) is 10.0 Å². The van der Waals surface area contributed by atoms with Crippen molar-refractivity contribution < 1.29 is 13.5 Å². The summed E-state index contributed by atoms with van der Waals surface area (Å²) in [4.78, 5) is -0.121. The Morgan fingerprint density at radius 1 is 1.24 bits per heavy atom. The Morgan fingerprint density at radius 2 is 1.86 bits per heavy atom. The molecule has 0 unspecified atom stereocenters. The number of aliphatic hydroxyl groups is 1. The van der Waals surface area contributed by atoms with E-state index in [9.17, 15) is 13.5 Å². The first-order valence-corrected chi connectivity index (χ1v) is 8.93. The van der Waals surface area contributed by atoms with Crippen LogP contribution in [0.25, 0.3) is 0 Å². The van der Waals surface area contributed by atoms with E-state index in [1.165, 1.54) is 12.1 Å². The fraction of sp³-hybridized carbons (Fsp3) is 0.538. The van der Waals surface area contributed by atoms with E-state index in [0.29, 0.717) is 12.8 Å². The van der Waals surface area contributed by atoms with Crippen molar-refractivity contribution in [3.63, 3.8) is 0 Å². The van der Waals surface area contributed by atoms with Crippen molar-refractivity contribution in [3.05, 3.63) is 22.2 Å². The van der Waals surface area contributed by atoms with Gasteiger partial charge in [-0.25, -0.2) is 13.1 Å². The normalized spacial score (nSPS) is 18.6. The predicted octanol–water partition coefficient (Wildman–Crippen LogP) is 2.55. The van der Waals surface area contributed by atoms with E-state index in [0.717, 1.165) is 19.3 Å². The highest BCUT2D eigenvalue weighted by Crippen LogP contribution is 2.35. The van der Waals surface area contributed by atoms with Gasteiger partial charge in [0.1, 0.15) is 4.90 Å². The van der Waals surface area contributed by atoms with Crippen LogP contribution in [0.4, 0.5) is 5.69 Å². The first kappa shape index (κ1) is 16.8. The summed E-state index contributed by atoms with van der Waals surface area (Å²) >= 11 is 11.8. The van der Waals surface area contributed by atoms with E-state index in [1.807, 2.05) is 0 Å². The van der Waals surface area contributed by atoms with Gasteiger partial charge in [0.2, 0.25) is 10.0 Å². The number of halogens is 2. The van der Waals surface area contributed by atoms with Crippen molar-refractivity contribution in [3.8, 4) is 0 Å². The van der Waals surface area contributed by atoms with Crippen LogP contribution in [0.1, 0.15) is 32.1 Å². The Morgan fingerprint density at radius 3 is 2.43 bits per heavy atom. The van der Waals surface area contributed by atoms with Crippen LogP contribution in [0.5, 0.6) is 0 Å². The van der Waals surface area contributed by atoms with Gasteiger partial charge in [-0.2, -0.15) is 0 Å². The Kier molecular flexibility index (Phi) is 5.05. The van der Waals surface area contributed by atoms with Crippen LogP contribution in [0.3, 0.4) is 0 Å². The first-order valence-electron chi connectivity index (χ1n) is 6.70. The van der Waals surface area contributed by atoms with Gasteiger partial charge in [0, 0.05) is 0 Å². The van der Waals surface area contributed by atoms with Crippen LogP contribution in [0.15, 0.2) is 17.0 Å². The summed E-state index contributed by atoms with van der Waals surface area (Å²) in [5.74, 6) is 0. The number of rotatable bonds is 4. The van der Waals surface area contributed by atoms with Gasteiger partial charge in [-0.15, -0.1) is 0 Å². The summed E-state index contributed by atoms with van der Waals surface area (Å²) in [6.07, 6.45) is 3.99. The summed E-state index contributed by atoms with van der Waals surface area (Å²) in [6, 6.07) is 2.71. The molecule has 0 aromatic heterocycles. The summed E-state index contributed by atoms with van der Waals surface area (Å²) in [7, 11) is -3.88. The molecule has 118 valence electrons. The van der Waals surface area contributed by atoms with Gasteiger partial charge in [0.25, 0.3) is 0 Å². The number of nitrogens with one attached hydrogen (secondary N) is 1. The van der Waals surface area contributed by atoms with Crippen molar-refractivity contribution in [1.29, 1.82) is 0 Å². The minimum absolute atomic E-state index is 0.0305.